The average Bonchev–Trinajstić information content (AvgIpc) is 2.46. The molecule has 1 aliphatic heterocycles. The highest BCUT2D eigenvalue weighted by Gasteiger charge is 2.28. The van der Waals surface area contributed by atoms with Crippen LogP contribution >= 0.6 is 12.4 Å². The van der Waals surface area contributed by atoms with Crippen molar-refractivity contribution in [2.24, 2.45) is 0 Å². The van der Waals surface area contributed by atoms with Gasteiger partial charge in [0.2, 0.25) is 0 Å². The number of hydrogen-bond donors (Lipinski definition) is 1. The summed E-state index contributed by atoms with van der Waals surface area (Å²) in [6.07, 6.45) is -0.479. The first kappa shape index (κ1) is 16.9. The van der Waals surface area contributed by atoms with E-state index in [-0.39, 0.29) is 30.2 Å². The summed E-state index contributed by atoms with van der Waals surface area (Å²) >= 11 is 0. The molecule has 0 aromatic heterocycles. The van der Waals surface area contributed by atoms with E-state index in [2.05, 4.69) is 5.32 Å². The fourth-order valence-electron chi connectivity index (χ4n) is 2.16. The van der Waals surface area contributed by atoms with Crippen molar-refractivity contribution in [3.8, 4) is 0 Å². The molecular formula is C14H20ClFN2O2. The SMILES string of the molecule is CC(c1ccccc1F)N(C)C(=O)C1CNCCO1.Cl. The normalized spacial score (nSPS) is 19.9. The van der Waals surface area contributed by atoms with Gasteiger partial charge in [0, 0.05) is 25.7 Å². The van der Waals surface area contributed by atoms with E-state index in [9.17, 15) is 9.18 Å². The number of likely N-dealkylation sites (N-methyl/N-ethyl adjacent to an activating group) is 1. The van der Waals surface area contributed by atoms with Crippen molar-refractivity contribution in [1.82, 2.24) is 10.2 Å². The van der Waals surface area contributed by atoms with Crippen LogP contribution in [-0.2, 0) is 9.53 Å². The molecule has 1 saturated heterocycles. The predicted molar refractivity (Wildman–Crippen MR) is 77.4 cm³/mol. The van der Waals surface area contributed by atoms with Gasteiger partial charge in [-0.2, -0.15) is 0 Å². The molecule has 2 unspecified atom stereocenters. The second-order valence-electron chi connectivity index (χ2n) is 4.71. The molecule has 0 saturated carbocycles. The number of benzene rings is 1. The molecule has 0 radical (unpaired) electrons. The van der Waals surface area contributed by atoms with E-state index in [1.54, 1.807) is 25.2 Å². The summed E-state index contributed by atoms with van der Waals surface area (Å²) in [4.78, 5) is 13.8. The lowest BCUT2D eigenvalue weighted by atomic mass is 10.1. The van der Waals surface area contributed by atoms with E-state index >= 15 is 0 Å². The Morgan fingerprint density at radius 1 is 1.50 bits per heavy atom. The van der Waals surface area contributed by atoms with E-state index in [0.29, 0.717) is 18.7 Å². The molecule has 1 aliphatic rings. The highest BCUT2D eigenvalue weighted by Crippen LogP contribution is 2.22. The average molecular weight is 303 g/mol. The van der Waals surface area contributed by atoms with Crippen molar-refractivity contribution < 1.29 is 13.9 Å². The monoisotopic (exact) mass is 302 g/mol. The van der Waals surface area contributed by atoms with Gasteiger partial charge in [0.1, 0.15) is 11.9 Å². The highest BCUT2D eigenvalue weighted by molar-refractivity contribution is 5.85. The molecule has 20 heavy (non-hydrogen) atoms. The van der Waals surface area contributed by atoms with E-state index in [4.69, 9.17) is 4.74 Å². The molecule has 1 aromatic carbocycles. The minimum Gasteiger partial charge on any atom is -0.366 e. The Bertz CT molecular complexity index is 453. The van der Waals surface area contributed by atoms with Crippen LogP contribution in [0.4, 0.5) is 4.39 Å². The van der Waals surface area contributed by atoms with Crippen LogP contribution in [0.25, 0.3) is 0 Å². The zero-order valence-corrected chi connectivity index (χ0v) is 12.5. The van der Waals surface area contributed by atoms with Gasteiger partial charge in [0.15, 0.2) is 0 Å². The second kappa shape index (κ2) is 7.57. The molecule has 1 amide bonds. The number of ether oxygens (including phenoxy) is 1. The van der Waals surface area contributed by atoms with E-state index in [1.165, 1.54) is 11.0 Å². The van der Waals surface area contributed by atoms with Crippen molar-refractivity contribution in [3.63, 3.8) is 0 Å². The number of hydrogen-bond acceptors (Lipinski definition) is 3. The molecule has 4 nitrogen and oxygen atoms in total. The minimum absolute atomic E-state index is 0. The van der Waals surface area contributed by atoms with Crippen molar-refractivity contribution >= 4 is 18.3 Å². The fourth-order valence-corrected chi connectivity index (χ4v) is 2.16. The Labute approximate surface area is 124 Å². The third-order valence-electron chi connectivity index (χ3n) is 3.49. The van der Waals surface area contributed by atoms with Crippen LogP contribution in [0, 0.1) is 5.82 Å². The van der Waals surface area contributed by atoms with Crippen molar-refractivity contribution in [1.29, 1.82) is 0 Å². The number of nitrogens with zero attached hydrogens (tertiary/aromatic N) is 1. The summed E-state index contributed by atoms with van der Waals surface area (Å²) in [5.41, 5.74) is 0.516. The van der Waals surface area contributed by atoms with Crippen LogP contribution in [0.2, 0.25) is 0 Å². The number of rotatable bonds is 3. The smallest absolute Gasteiger partial charge is 0.253 e. The summed E-state index contributed by atoms with van der Waals surface area (Å²) in [5.74, 6) is -0.416. The Morgan fingerprint density at radius 3 is 2.80 bits per heavy atom. The topological polar surface area (TPSA) is 41.6 Å². The number of morpholine rings is 1. The molecular weight excluding hydrogens is 283 g/mol. The second-order valence-corrected chi connectivity index (χ2v) is 4.71. The third kappa shape index (κ3) is 3.69. The number of amides is 1. The quantitative estimate of drug-likeness (QED) is 0.925. The molecule has 1 aromatic rings. The van der Waals surface area contributed by atoms with Crippen LogP contribution in [0.15, 0.2) is 24.3 Å². The van der Waals surface area contributed by atoms with E-state index < -0.39 is 6.10 Å². The number of nitrogens with one attached hydrogen (secondary N) is 1. The van der Waals surface area contributed by atoms with Gasteiger partial charge >= 0.3 is 0 Å². The van der Waals surface area contributed by atoms with E-state index in [0.717, 1.165) is 6.54 Å². The van der Waals surface area contributed by atoms with E-state index in [1.807, 2.05) is 6.92 Å². The third-order valence-corrected chi connectivity index (χ3v) is 3.49. The Kier molecular flexibility index (Phi) is 6.39. The summed E-state index contributed by atoms with van der Waals surface area (Å²) in [6, 6.07) is 6.19. The van der Waals surface area contributed by atoms with Gasteiger partial charge in [0.25, 0.3) is 5.91 Å². The Hall–Kier alpha value is -1.17. The molecule has 1 N–H and O–H groups in total. The number of halogens is 2. The van der Waals surface area contributed by atoms with Gasteiger partial charge in [-0.15, -0.1) is 12.4 Å². The summed E-state index contributed by atoms with van der Waals surface area (Å²) in [7, 11) is 1.68. The molecule has 1 fully saturated rings. The largest absolute Gasteiger partial charge is 0.366 e. The van der Waals surface area contributed by atoms with Gasteiger partial charge in [-0.05, 0) is 13.0 Å². The number of carbonyl (C=O) groups is 1. The lowest BCUT2D eigenvalue weighted by molar-refractivity contribution is -0.145. The molecule has 0 spiro atoms. The summed E-state index contributed by atoms with van der Waals surface area (Å²) in [5, 5.41) is 3.11. The molecule has 0 aliphatic carbocycles. The maximum absolute atomic E-state index is 13.7. The maximum Gasteiger partial charge on any atom is 0.253 e. The molecule has 2 rings (SSSR count). The van der Waals surface area contributed by atoms with Gasteiger partial charge in [-0.25, -0.2) is 4.39 Å². The van der Waals surface area contributed by atoms with Gasteiger partial charge in [-0.3, -0.25) is 4.79 Å². The van der Waals surface area contributed by atoms with Gasteiger partial charge < -0.3 is 15.0 Å². The van der Waals surface area contributed by atoms with Crippen LogP contribution in [0.1, 0.15) is 18.5 Å². The zero-order chi connectivity index (χ0) is 13.8. The van der Waals surface area contributed by atoms with Crippen molar-refractivity contribution in [2.45, 2.75) is 19.1 Å². The zero-order valence-electron chi connectivity index (χ0n) is 11.6. The highest BCUT2D eigenvalue weighted by atomic mass is 35.5. The van der Waals surface area contributed by atoms with Gasteiger partial charge in [0.05, 0.1) is 12.6 Å². The van der Waals surface area contributed by atoms with Crippen LogP contribution in [0.3, 0.4) is 0 Å². The van der Waals surface area contributed by atoms with Crippen LogP contribution < -0.4 is 5.32 Å². The predicted octanol–water partition coefficient (Wildman–Crippen LogP) is 1.76. The first-order valence-corrected chi connectivity index (χ1v) is 6.44. The number of carbonyl (C=O) groups excluding carboxylic acids is 1. The first-order valence-electron chi connectivity index (χ1n) is 6.44. The Morgan fingerprint density at radius 2 is 2.20 bits per heavy atom. The first-order chi connectivity index (χ1) is 9.11. The van der Waals surface area contributed by atoms with Crippen molar-refractivity contribution in [3.05, 3.63) is 35.6 Å². The maximum atomic E-state index is 13.7. The van der Waals surface area contributed by atoms with Gasteiger partial charge in [-0.1, -0.05) is 18.2 Å². The molecule has 1 heterocycles. The molecule has 112 valence electrons. The van der Waals surface area contributed by atoms with Crippen LogP contribution in [-0.4, -0.2) is 43.7 Å². The fraction of sp³-hybridized carbons (Fsp3) is 0.500. The lowest BCUT2D eigenvalue weighted by Crippen LogP contribution is -2.48. The Balaban J connectivity index is 0.00000200. The molecule has 0 bridgehead atoms. The summed E-state index contributed by atoms with van der Waals surface area (Å²) < 4.78 is 19.2. The minimum atomic E-state index is -0.479. The lowest BCUT2D eigenvalue weighted by Gasteiger charge is -2.31. The summed E-state index contributed by atoms with van der Waals surface area (Å²) in [6.45, 7) is 3.61. The standard InChI is InChI=1S/C14H19FN2O2.ClH/c1-10(11-5-3-4-6-12(11)15)17(2)14(18)13-9-16-7-8-19-13;/h3-6,10,13,16H,7-9H2,1-2H3;1H. The van der Waals surface area contributed by atoms with Crippen LogP contribution in [0.5, 0.6) is 0 Å². The molecule has 2 atom stereocenters. The molecule has 6 heteroatoms. The van der Waals surface area contributed by atoms with Crippen molar-refractivity contribution in [2.75, 3.05) is 26.7 Å².